The van der Waals surface area contributed by atoms with Crippen molar-refractivity contribution < 1.29 is 0 Å². The maximum absolute atomic E-state index is 5.45. The van der Waals surface area contributed by atoms with Crippen LogP contribution in [0.25, 0.3) is 98.6 Å². The summed E-state index contributed by atoms with van der Waals surface area (Å²) < 4.78 is 1.20. The zero-order chi connectivity index (χ0) is 36.6. The summed E-state index contributed by atoms with van der Waals surface area (Å²) in [5.41, 5.74) is 14.8. The van der Waals surface area contributed by atoms with E-state index in [-0.39, 0.29) is 0 Å². The van der Waals surface area contributed by atoms with E-state index in [2.05, 4.69) is 206 Å². The molecule has 2 nitrogen and oxygen atoms in total. The van der Waals surface area contributed by atoms with Crippen molar-refractivity contribution in [2.24, 2.45) is 0 Å². The zero-order valence-corrected chi connectivity index (χ0v) is 30.7. The van der Waals surface area contributed by atoms with Gasteiger partial charge in [-0.1, -0.05) is 170 Å². The maximum Gasteiger partial charge on any atom is 0.161 e. The molecule has 258 valence electrons. The normalized spacial score (nSPS) is 11.3. The molecule has 0 N–H and O–H groups in total. The Labute approximate surface area is 324 Å². The number of hydrogen-bond donors (Lipinski definition) is 0. The van der Waals surface area contributed by atoms with Crippen LogP contribution < -0.4 is 0 Å². The van der Waals surface area contributed by atoms with E-state index in [1.807, 2.05) is 0 Å². The van der Waals surface area contributed by atoms with Gasteiger partial charge in [0, 0.05) is 26.6 Å². The first-order chi connectivity index (χ1) is 27.2. The fraction of sp³-hybridized carbons (Fsp3) is 0. The Morgan fingerprint density at radius 3 is 1.25 bits per heavy atom. The van der Waals surface area contributed by atoms with Crippen LogP contribution in [-0.4, -0.2) is 9.97 Å². The molecule has 0 aliphatic heterocycles. The van der Waals surface area contributed by atoms with Gasteiger partial charge >= 0.3 is 0 Å². The summed E-state index contributed by atoms with van der Waals surface area (Å²) in [4.78, 5) is 11.7. The van der Waals surface area contributed by atoms with E-state index in [1.54, 1.807) is 11.3 Å². The molecule has 0 unspecified atom stereocenters. The van der Waals surface area contributed by atoms with Crippen molar-refractivity contribution in [2.75, 3.05) is 0 Å². The van der Waals surface area contributed by atoms with E-state index in [9.17, 15) is 0 Å². The fourth-order valence-corrected chi connectivity index (χ4v) is 8.60. The lowest BCUT2D eigenvalue weighted by Crippen LogP contribution is -1.95. The summed E-state index contributed by atoms with van der Waals surface area (Å²) in [6.45, 7) is 0. The van der Waals surface area contributed by atoms with Gasteiger partial charge in [-0.05, 0) is 92.0 Å². The Morgan fingerprint density at radius 1 is 0.291 bits per heavy atom. The van der Waals surface area contributed by atoms with Gasteiger partial charge in [0.25, 0.3) is 0 Å². The number of benzene rings is 8. The lowest BCUT2D eigenvalue weighted by molar-refractivity contribution is 1.24. The molecule has 10 aromatic rings. The van der Waals surface area contributed by atoms with Crippen LogP contribution in [0.5, 0.6) is 0 Å². The molecular weight excluding hydrogens is 685 g/mol. The van der Waals surface area contributed by atoms with Crippen molar-refractivity contribution in [3.63, 3.8) is 0 Å². The highest BCUT2D eigenvalue weighted by Crippen LogP contribution is 2.42. The summed E-state index contributed by atoms with van der Waals surface area (Å²) in [6.07, 6.45) is 0. The van der Waals surface area contributed by atoms with Gasteiger partial charge in [-0.25, -0.2) is 9.97 Å². The predicted molar refractivity (Wildman–Crippen MR) is 233 cm³/mol. The van der Waals surface area contributed by atoms with Crippen molar-refractivity contribution in [1.29, 1.82) is 0 Å². The number of hydrogen-bond acceptors (Lipinski definition) is 3. The van der Waals surface area contributed by atoms with E-state index in [0.717, 1.165) is 55.1 Å². The Hall–Kier alpha value is -6.94. The first-order valence-corrected chi connectivity index (χ1v) is 19.4. The summed E-state index contributed by atoms with van der Waals surface area (Å²) in [7, 11) is 0. The minimum atomic E-state index is 0.719. The van der Waals surface area contributed by atoms with Crippen LogP contribution in [-0.2, 0) is 0 Å². The molecule has 0 aliphatic rings. The number of fused-ring (bicyclic) bond motifs is 3. The number of aromatic nitrogens is 2. The first kappa shape index (κ1) is 32.7. The van der Waals surface area contributed by atoms with Crippen molar-refractivity contribution in [3.05, 3.63) is 206 Å². The average Bonchev–Trinajstić information content (AvgIpc) is 3.66. The molecule has 2 heterocycles. The van der Waals surface area contributed by atoms with Gasteiger partial charge in [0.15, 0.2) is 5.82 Å². The summed E-state index contributed by atoms with van der Waals surface area (Å²) in [6, 6.07) is 73.5. The summed E-state index contributed by atoms with van der Waals surface area (Å²) >= 11 is 1.73. The second-order valence-electron chi connectivity index (χ2n) is 13.8. The lowest BCUT2D eigenvalue weighted by Gasteiger charge is -2.13. The second kappa shape index (κ2) is 14.1. The van der Waals surface area contributed by atoms with Gasteiger partial charge in [0.1, 0.15) is 4.83 Å². The van der Waals surface area contributed by atoms with Crippen molar-refractivity contribution in [3.8, 4) is 78.3 Å². The van der Waals surface area contributed by atoms with Gasteiger partial charge in [-0.2, -0.15) is 0 Å². The number of nitrogens with zero attached hydrogens (tertiary/aromatic N) is 2. The molecule has 8 aromatic carbocycles. The van der Waals surface area contributed by atoms with Gasteiger partial charge in [0.2, 0.25) is 0 Å². The van der Waals surface area contributed by atoms with Crippen LogP contribution in [0, 0.1) is 0 Å². The van der Waals surface area contributed by atoms with Gasteiger partial charge in [0.05, 0.1) is 5.69 Å². The average molecular weight is 719 g/mol. The zero-order valence-electron chi connectivity index (χ0n) is 29.9. The summed E-state index contributed by atoms with van der Waals surface area (Å²) in [5, 5.41) is 2.27. The predicted octanol–water partition coefficient (Wildman–Crippen LogP) is 14.5. The SMILES string of the molecule is c1ccc(-c2cccc(-c3ccc(-c4cccc(-c5nc(-c6cc(-c7ccccc7)cc(-c7ccccc7)c6)c6c(n5)sc5ccccc56)c4)cc3)c2)cc1. The molecule has 3 heteroatoms. The van der Waals surface area contributed by atoms with Gasteiger partial charge < -0.3 is 0 Å². The Balaban J connectivity index is 1.08. The fourth-order valence-electron chi connectivity index (χ4n) is 7.52. The third kappa shape index (κ3) is 6.41. The van der Waals surface area contributed by atoms with E-state index >= 15 is 0 Å². The second-order valence-corrected chi connectivity index (χ2v) is 14.8. The smallest absolute Gasteiger partial charge is 0.161 e. The Kier molecular flexibility index (Phi) is 8.40. The van der Waals surface area contributed by atoms with E-state index in [1.165, 1.54) is 43.5 Å². The van der Waals surface area contributed by atoms with Crippen molar-refractivity contribution in [1.82, 2.24) is 9.97 Å². The minimum absolute atomic E-state index is 0.719. The maximum atomic E-state index is 5.45. The third-order valence-electron chi connectivity index (χ3n) is 10.3. The Morgan fingerprint density at radius 2 is 0.691 bits per heavy atom. The molecule has 0 saturated carbocycles. The topological polar surface area (TPSA) is 25.8 Å². The van der Waals surface area contributed by atoms with E-state index in [0.29, 0.717) is 0 Å². The van der Waals surface area contributed by atoms with Crippen LogP contribution in [0.3, 0.4) is 0 Å². The molecule has 0 bridgehead atoms. The molecule has 0 spiro atoms. The Bertz CT molecular complexity index is 2890. The standard InChI is InChI=1S/C52H34N2S/c1-4-14-35(15-5-1)40-20-12-21-41(30-40)38-26-28-39(29-27-38)42-22-13-23-43(31-42)51-53-50(49-47-24-10-11-25-48(47)55-52(49)54-51)46-33-44(36-16-6-2-7-17-36)32-45(34-46)37-18-8-3-9-19-37/h1-34H. The monoisotopic (exact) mass is 718 g/mol. The van der Waals surface area contributed by atoms with Crippen LogP contribution in [0.1, 0.15) is 0 Å². The van der Waals surface area contributed by atoms with Crippen LogP contribution in [0.15, 0.2) is 206 Å². The highest BCUT2D eigenvalue weighted by molar-refractivity contribution is 7.25. The first-order valence-electron chi connectivity index (χ1n) is 18.6. The molecule has 0 amide bonds. The molecule has 0 radical (unpaired) electrons. The van der Waals surface area contributed by atoms with Crippen molar-refractivity contribution in [2.45, 2.75) is 0 Å². The molecule has 0 saturated heterocycles. The third-order valence-corrected chi connectivity index (χ3v) is 11.4. The van der Waals surface area contributed by atoms with Gasteiger partial charge in [-0.3, -0.25) is 0 Å². The number of thiophene rings is 1. The molecule has 10 rings (SSSR count). The highest BCUT2D eigenvalue weighted by Gasteiger charge is 2.19. The molecule has 0 atom stereocenters. The highest BCUT2D eigenvalue weighted by atomic mass is 32.1. The minimum Gasteiger partial charge on any atom is -0.227 e. The van der Waals surface area contributed by atoms with Crippen LogP contribution in [0.2, 0.25) is 0 Å². The van der Waals surface area contributed by atoms with E-state index < -0.39 is 0 Å². The molecule has 2 aromatic heterocycles. The van der Waals surface area contributed by atoms with Crippen molar-refractivity contribution >= 4 is 31.6 Å². The van der Waals surface area contributed by atoms with E-state index in [4.69, 9.17) is 9.97 Å². The quantitative estimate of drug-likeness (QED) is 0.164. The summed E-state index contributed by atoms with van der Waals surface area (Å²) in [5.74, 6) is 0.719. The lowest BCUT2D eigenvalue weighted by atomic mass is 9.94. The van der Waals surface area contributed by atoms with Gasteiger partial charge in [-0.15, -0.1) is 11.3 Å². The van der Waals surface area contributed by atoms with Crippen LogP contribution >= 0.6 is 11.3 Å². The molecular formula is C52H34N2S. The molecule has 0 aliphatic carbocycles. The molecule has 55 heavy (non-hydrogen) atoms. The number of rotatable bonds is 7. The van der Waals surface area contributed by atoms with Crippen LogP contribution in [0.4, 0.5) is 0 Å². The largest absolute Gasteiger partial charge is 0.227 e. The molecule has 0 fully saturated rings.